The predicted molar refractivity (Wildman–Crippen MR) is 75.4 cm³/mol. The smallest absolute Gasteiger partial charge is 0.385 e. The Hall–Kier alpha value is -1.72. The van der Waals surface area contributed by atoms with Gasteiger partial charge in [-0.2, -0.15) is 13.2 Å². The minimum atomic E-state index is -4.48. The first-order valence-electron chi connectivity index (χ1n) is 7.18. The first-order chi connectivity index (χ1) is 9.93. The van der Waals surface area contributed by atoms with Crippen LogP contribution in [-0.2, 0) is 6.18 Å². The number of anilines is 1. The highest BCUT2D eigenvalue weighted by atomic mass is 19.4. The van der Waals surface area contributed by atoms with E-state index in [-0.39, 0.29) is 17.2 Å². The molecule has 0 bridgehead atoms. The van der Waals surface area contributed by atoms with Crippen molar-refractivity contribution in [2.24, 2.45) is 0 Å². The topological polar surface area (TPSA) is 32.3 Å². The summed E-state index contributed by atoms with van der Waals surface area (Å²) in [4.78, 5) is 13.9. The molecule has 1 aromatic rings. The molecule has 1 aliphatic heterocycles. The zero-order valence-corrected chi connectivity index (χ0v) is 12.0. The van der Waals surface area contributed by atoms with Crippen LogP contribution in [0.15, 0.2) is 18.2 Å². The van der Waals surface area contributed by atoms with Gasteiger partial charge in [0.2, 0.25) is 0 Å². The van der Waals surface area contributed by atoms with Crippen LogP contribution in [0.25, 0.3) is 0 Å². The number of piperidine rings is 1. The van der Waals surface area contributed by atoms with Crippen molar-refractivity contribution < 1.29 is 18.0 Å². The molecular weight excluding hydrogens is 281 g/mol. The van der Waals surface area contributed by atoms with Gasteiger partial charge in [0, 0.05) is 30.9 Å². The summed E-state index contributed by atoms with van der Waals surface area (Å²) in [5.41, 5.74) is -0.668. The number of nitrogens with zero attached hydrogens (tertiary/aromatic N) is 1. The van der Waals surface area contributed by atoms with E-state index in [9.17, 15) is 18.0 Å². The second-order valence-electron chi connectivity index (χ2n) is 5.14. The number of carbonyl (C=O) groups excluding carboxylic acids is 1. The summed E-state index contributed by atoms with van der Waals surface area (Å²) in [7, 11) is 0. The second kappa shape index (κ2) is 6.37. The van der Waals surface area contributed by atoms with Gasteiger partial charge < -0.3 is 10.2 Å². The Bertz CT molecular complexity index is 508. The number of nitrogens with one attached hydrogen (secondary N) is 1. The molecule has 1 heterocycles. The molecule has 0 saturated carbocycles. The van der Waals surface area contributed by atoms with Crippen LogP contribution in [0.3, 0.4) is 0 Å². The Labute approximate surface area is 122 Å². The Morgan fingerprint density at radius 3 is 2.48 bits per heavy atom. The number of hydrogen-bond acceptors (Lipinski definition) is 2. The first kappa shape index (κ1) is 15.7. The molecular formula is C15H19F3N2O. The average Bonchev–Trinajstić information content (AvgIpc) is 2.47. The molecule has 21 heavy (non-hydrogen) atoms. The predicted octanol–water partition coefficient (Wildman–Crippen LogP) is 3.76. The van der Waals surface area contributed by atoms with Crippen LogP contribution in [0.2, 0.25) is 0 Å². The lowest BCUT2D eigenvalue weighted by molar-refractivity contribution is -0.137. The number of amides is 1. The Morgan fingerprint density at radius 1 is 1.24 bits per heavy atom. The molecule has 0 aliphatic carbocycles. The highest BCUT2D eigenvalue weighted by Gasteiger charge is 2.34. The van der Waals surface area contributed by atoms with Gasteiger partial charge in [-0.05, 0) is 44.4 Å². The Kier molecular flexibility index (Phi) is 4.75. The zero-order valence-electron chi connectivity index (χ0n) is 12.0. The van der Waals surface area contributed by atoms with Gasteiger partial charge in [-0.3, -0.25) is 4.79 Å². The third-order valence-electron chi connectivity index (χ3n) is 3.58. The molecule has 0 aromatic heterocycles. The summed E-state index contributed by atoms with van der Waals surface area (Å²) in [5.74, 6) is -0.316. The minimum Gasteiger partial charge on any atom is -0.385 e. The normalized spacial score (nSPS) is 15.9. The molecule has 0 unspecified atom stereocenters. The third-order valence-corrected chi connectivity index (χ3v) is 3.58. The lowest BCUT2D eigenvalue weighted by Gasteiger charge is -2.27. The van der Waals surface area contributed by atoms with E-state index in [0.29, 0.717) is 19.6 Å². The molecule has 0 radical (unpaired) electrons. The molecule has 1 amide bonds. The molecule has 0 atom stereocenters. The number of halogens is 3. The fourth-order valence-electron chi connectivity index (χ4n) is 2.54. The monoisotopic (exact) mass is 300 g/mol. The van der Waals surface area contributed by atoms with E-state index in [2.05, 4.69) is 5.32 Å². The van der Waals surface area contributed by atoms with Crippen molar-refractivity contribution in [2.45, 2.75) is 32.4 Å². The molecule has 3 nitrogen and oxygen atoms in total. The highest BCUT2D eigenvalue weighted by Crippen LogP contribution is 2.35. The van der Waals surface area contributed by atoms with E-state index in [1.165, 1.54) is 12.1 Å². The van der Waals surface area contributed by atoms with Crippen molar-refractivity contribution in [2.75, 3.05) is 25.0 Å². The third kappa shape index (κ3) is 3.68. The minimum absolute atomic E-state index is 0.0141. The molecule has 1 saturated heterocycles. The fourth-order valence-corrected chi connectivity index (χ4v) is 2.54. The summed E-state index contributed by atoms with van der Waals surface area (Å²) in [6, 6.07) is 3.75. The van der Waals surface area contributed by atoms with E-state index in [0.717, 1.165) is 25.3 Å². The van der Waals surface area contributed by atoms with Crippen LogP contribution in [0.4, 0.5) is 18.9 Å². The van der Waals surface area contributed by atoms with Gasteiger partial charge in [-0.1, -0.05) is 0 Å². The molecule has 0 spiro atoms. The van der Waals surface area contributed by atoms with Crippen LogP contribution in [0.1, 0.15) is 42.1 Å². The number of hydrogen-bond donors (Lipinski definition) is 1. The van der Waals surface area contributed by atoms with Gasteiger partial charge in [-0.15, -0.1) is 0 Å². The number of carbonyl (C=O) groups is 1. The zero-order chi connectivity index (χ0) is 15.5. The van der Waals surface area contributed by atoms with Crippen molar-refractivity contribution in [1.29, 1.82) is 0 Å². The van der Waals surface area contributed by atoms with Crippen molar-refractivity contribution in [1.82, 2.24) is 4.90 Å². The number of benzene rings is 1. The molecule has 1 fully saturated rings. The summed E-state index contributed by atoms with van der Waals surface area (Å²) < 4.78 is 39.3. The maximum atomic E-state index is 13.1. The van der Waals surface area contributed by atoms with Crippen LogP contribution >= 0.6 is 0 Å². The standard InChI is InChI=1S/C15H19F3N2O/c1-2-19-13-7-6-11(10-12(13)15(16,17)18)14(21)20-8-4-3-5-9-20/h6-7,10,19H,2-5,8-9H2,1H3. The van der Waals surface area contributed by atoms with E-state index in [1.807, 2.05) is 0 Å². The molecule has 1 aromatic carbocycles. The van der Waals surface area contributed by atoms with Crippen LogP contribution in [-0.4, -0.2) is 30.4 Å². The van der Waals surface area contributed by atoms with Crippen LogP contribution in [0.5, 0.6) is 0 Å². The summed E-state index contributed by atoms with van der Waals surface area (Å²) in [6.07, 6.45) is -1.59. The molecule has 116 valence electrons. The van der Waals surface area contributed by atoms with Gasteiger partial charge in [0.1, 0.15) is 0 Å². The van der Waals surface area contributed by atoms with Crippen molar-refractivity contribution in [3.8, 4) is 0 Å². The van der Waals surface area contributed by atoms with E-state index in [4.69, 9.17) is 0 Å². The summed E-state index contributed by atoms with van der Waals surface area (Å²) in [5, 5.41) is 2.68. The maximum absolute atomic E-state index is 13.1. The quantitative estimate of drug-likeness (QED) is 0.921. The second-order valence-corrected chi connectivity index (χ2v) is 5.14. The van der Waals surface area contributed by atoms with Crippen LogP contribution < -0.4 is 5.32 Å². The largest absolute Gasteiger partial charge is 0.418 e. The van der Waals surface area contributed by atoms with Gasteiger partial charge in [0.15, 0.2) is 0 Å². The van der Waals surface area contributed by atoms with Crippen LogP contribution in [0, 0.1) is 0 Å². The van der Waals surface area contributed by atoms with Gasteiger partial charge >= 0.3 is 6.18 Å². The fraction of sp³-hybridized carbons (Fsp3) is 0.533. The Morgan fingerprint density at radius 2 is 1.90 bits per heavy atom. The van der Waals surface area contributed by atoms with Crippen molar-refractivity contribution >= 4 is 11.6 Å². The van der Waals surface area contributed by atoms with Gasteiger partial charge in [0.05, 0.1) is 5.56 Å². The number of likely N-dealkylation sites (tertiary alicyclic amines) is 1. The molecule has 1 N–H and O–H groups in total. The lowest BCUT2D eigenvalue weighted by atomic mass is 10.0. The van der Waals surface area contributed by atoms with E-state index in [1.54, 1.807) is 11.8 Å². The molecule has 1 aliphatic rings. The molecule has 6 heteroatoms. The number of alkyl halides is 3. The summed E-state index contributed by atoms with van der Waals surface area (Å²) >= 11 is 0. The SMILES string of the molecule is CCNc1ccc(C(=O)N2CCCCC2)cc1C(F)(F)F. The van der Waals surface area contributed by atoms with Gasteiger partial charge in [-0.25, -0.2) is 0 Å². The average molecular weight is 300 g/mol. The Balaban J connectivity index is 2.30. The molecule has 2 rings (SSSR count). The lowest BCUT2D eigenvalue weighted by Crippen LogP contribution is -2.35. The number of rotatable bonds is 3. The highest BCUT2D eigenvalue weighted by molar-refractivity contribution is 5.95. The van der Waals surface area contributed by atoms with E-state index < -0.39 is 11.7 Å². The van der Waals surface area contributed by atoms with Gasteiger partial charge in [0.25, 0.3) is 5.91 Å². The van der Waals surface area contributed by atoms with Crippen molar-refractivity contribution in [3.63, 3.8) is 0 Å². The summed E-state index contributed by atoms with van der Waals surface area (Å²) in [6.45, 7) is 3.36. The van der Waals surface area contributed by atoms with E-state index >= 15 is 0 Å². The maximum Gasteiger partial charge on any atom is 0.418 e. The first-order valence-corrected chi connectivity index (χ1v) is 7.18. The van der Waals surface area contributed by atoms with Crippen molar-refractivity contribution in [3.05, 3.63) is 29.3 Å².